The van der Waals surface area contributed by atoms with Crippen LogP contribution in [0.2, 0.25) is 0 Å². The van der Waals surface area contributed by atoms with Gasteiger partial charge in [-0.05, 0) is 25.8 Å². The molecule has 0 aliphatic heterocycles. The van der Waals surface area contributed by atoms with Crippen LogP contribution in [0.1, 0.15) is 31.7 Å². The number of hydrogen-bond donors (Lipinski definition) is 1. The quantitative estimate of drug-likeness (QED) is 0.802. The Morgan fingerprint density at radius 2 is 2.28 bits per heavy atom. The third kappa shape index (κ3) is 2.70. The Morgan fingerprint density at radius 1 is 1.50 bits per heavy atom. The molecule has 2 N–H and O–H groups in total. The maximum absolute atomic E-state index is 12.2. The van der Waals surface area contributed by atoms with E-state index >= 15 is 0 Å². The molecule has 0 amide bonds. The molecule has 1 aromatic heterocycles. The molecule has 4 nitrogen and oxygen atoms in total. The Morgan fingerprint density at radius 3 is 2.83 bits per heavy atom. The van der Waals surface area contributed by atoms with Crippen molar-refractivity contribution in [2.45, 2.75) is 45.7 Å². The van der Waals surface area contributed by atoms with Gasteiger partial charge in [-0.1, -0.05) is 19.1 Å². The molecule has 0 spiro atoms. The fourth-order valence-electron chi connectivity index (χ4n) is 2.38. The van der Waals surface area contributed by atoms with Gasteiger partial charge in [0.25, 0.3) is 0 Å². The van der Waals surface area contributed by atoms with Gasteiger partial charge in [0.05, 0.1) is 5.69 Å². The normalized spacial score (nSPS) is 22.6. The van der Waals surface area contributed by atoms with E-state index in [2.05, 4.69) is 12.0 Å². The average Bonchev–Trinajstić information content (AvgIpc) is 2.95. The van der Waals surface area contributed by atoms with E-state index in [0.29, 0.717) is 6.42 Å². The number of Topliss-reactive ketones (excluding diaryl/α,β-unsaturated/α-hetero) is 1. The number of aryl methyl sites for hydroxylation is 2. The number of aromatic nitrogens is 2. The lowest BCUT2D eigenvalue weighted by Gasteiger charge is -2.09. The summed E-state index contributed by atoms with van der Waals surface area (Å²) >= 11 is 0. The van der Waals surface area contributed by atoms with E-state index < -0.39 is 0 Å². The van der Waals surface area contributed by atoms with Crippen LogP contribution in [-0.4, -0.2) is 21.6 Å². The van der Waals surface area contributed by atoms with E-state index in [9.17, 15) is 4.79 Å². The van der Waals surface area contributed by atoms with Crippen molar-refractivity contribution in [2.24, 2.45) is 11.7 Å². The molecule has 2 atom stereocenters. The minimum absolute atomic E-state index is 0.00900. The zero-order chi connectivity index (χ0) is 13.1. The molecule has 0 aromatic carbocycles. The Bertz CT molecular complexity index is 462. The van der Waals surface area contributed by atoms with Crippen LogP contribution in [0.5, 0.6) is 0 Å². The van der Waals surface area contributed by atoms with Crippen molar-refractivity contribution in [3.8, 4) is 0 Å². The molecule has 4 heteroatoms. The molecule has 0 bridgehead atoms. The van der Waals surface area contributed by atoms with E-state index in [-0.39, 0.29) is 17.7 Å². The summed E-state index contributed by atoms with van der Waals surface area (Å²) < 4.78 is 1.93. The zero-order valence-electron chi connectivity index (χ0n) is 11.1. The number of carbonyl (C=O) groups excluding carboxylic acids is 1. The van der Waals surface area contributed by atoms with Crippen LogP contribution in [0.15, 0.2) is 18.2 Å². The molecule has 0 fully saturated rings. The largest absolute Gasteiger partial charge is 0.324 e. The molecule has 2 unspecified atom stereocenters. The van der Waals surface area contributed by atoms with Gasteiger partial charge in [-0.3, -0.25) is 9.48 Å². The minimum atomic E-state index is -0.00900. The van der Waals surface area contributed by atoms with Crippen molar-refractivity contribution < 1.29 is 4.79 Å². The second-order valence-electron chi connectivity index (χ2n) is 4.83. The third-order valence-corrected chi connectivity index (χ3v) is 3.46. The van der Waals surface area contributed by atoms with Gasteiger partial charge in [0, 0.05) is 30.6 Å². The van der Waals surface area contributed by atoms with E-state index in [1.807, 2.05) is 29.8 Å². The number of nitrogens with two attached hydrogens (primary N) is 1. The summed E-state index contributed by atoms with van der Waals surface area (Å²) in [5, 5.41) is 4.46. The maximum atomic E-state index is 12.2. The average molecular weight is 247 g/mol. The highest BCUT2D eigenvalue weighted by molar-refractivity contribution is 5.85. The van der Waals surface area contributed by atoms with Crippen LogP contribution in [-0.2, 0) is 24.2 Å². The lowest BCUT2D eigenvalue weighted by Crippen LogP contribution is -2.21. The summed E-state index contributed by atoms with van der Waals surface area (Å²) in [6.45, 7) is 4.93. The standard InChI is InChI=1S/C14H21N3O/c1-3-12-8-13(17(4-2)16-12)9-14(18)10-5-6-11(15)7-10/h5-6,8,10-11H,3-4,7,9,15H2,1-2H3. The molecule has 98 valence electrons. The first kappa shape index (κ1) is 13.0. The highest BCUT2D eigenvalue weighted by Crippen LogP contribution is 2.19. The predicted molar refractivity (Wildman–Crippen MR) is 71.2 cm³/mol. The topological polar surface area (TPSA) is 60.9 Å². The van der Waals surface area contributed by atoms with Gasteiger partial charge in [0.2, 0.25) is 0 Å². The van der Waals surface area contributed by atoms with Crippen molar-refractivity contribution in [1.29, 1.82) is 0 Å². The van der Waals surface area contributed by atoms with Gasteiger partial charge in [-0.15, -0.1) is 0 Å². The van der Waals surface area contributed by atoms with Gasteiger partial charge in [-0.25, -0.2) is 0 Å². The minimum Gasteiger partial charge on any atom is -0.324 e. The van der Waals surface area contributed by atoms with Crippen molar-refractivity contribution in [3.05, 3.63) is 29.6 Å². The predicted octanol–water partition coefficient (Wildman–Crippen LogP) is 1.48. The highest BCUT2D eigenvalue weighted by atomic mass is 16.1. The Hall–Kier alpha value is -1.42. The first-order chi connectivity index (χ1) is 8.63. The second-order valence-corrected chi connectivity index (χ2v) is 4.83. The Labute approximate surface area is 108 Å². The number of ketones is 1. The smallest absolute Gasteiger partial charge is 0.145 e. The number of nitrogens with zero attached hydrogens (tertiary/aromatic N) is 2. The molecule has 0 radical (unpaired) electrons. The first-order valence-corrected chi connectivity index (χ1v) is 6.66. The molecule has 0 saturated heterocycles. The molecule has 2 rings (SSSR count). The van der Waals surface area contributed by atoms with E-state index in [4.69, 9.17) is 5.73 Å². The fourth-order valence-corrected chi connectivity index (χ4v) is 2.38. The van der Waals surface area contributed by atoms with E-state index in [1.165, 1.54) is 0 Å². The molecule has 1 aromatic rings. The lowest BCUT2D eigenvalue weighted by molar-refractivity contribution is -0.121. The summed E-state index contributed by atoms with van der Waals surface area (Å²) in [6.07, 6.45) is 5.99. The fraction of sp³-hybridized carbons (Fsp3) is 0.571. The van der Waals surface area contributed by atoms with Crippen LogP contribution in [0.25, 0.3) is 0 Å². The summed E-state index contributed by atoms with van der Waals surface area (Å²) in [7, 11) is 0. The van der Waals surface area contributed by atoms with Crippen molar-refractivity contribution in [1.82, 2.24) is 9.78 Å². The summed E-state index contributed by atoms with van der Waals surface area (Å²) in [6, 6.07) is 2.08. The second kappa shape index (κ2) is 5.48. The van der Waals surface area contributed by atoms with Gasteiger partial charge in [0.15, 0.2) is 0 Å². The summed E-state index contributed by atoms with van der Waals surface area (Å²) in [5.41, 5.74) is 7.86. The Kier molecular flexibility index (Phi) is 3.97. The maximum Gasteiger partial charge on any atom is 0.145 e. The van der Waals surface area contributed by atoms with Crippen LogP contribution in [0, 0.1) is 5.92 Å². The lowest BCUT2D eigenvalue weighted by atomic mass is 9.99. The van der Waals surface area contributed by atoms with Gasteiger partial charge in [-0.2, -0.15) is 5.10 Å². The van der Waals surface area contributed by atoms with Crippen LogP contribution >= 0.6 is 0 Å². The van der Waals surface area contributed by atoms with Crippen LogP contribution in [0.4, 0.5) is 0 Å². The molecular weight excluding hydrogens is 226 g/mol. The third-order valence-electron chi connectivity index (χ3n) is 3.46. The van der Waals surface area contributed by atoms with E-state index in [0.717, 1.165) is 30.8 Å². The first-order valence-electron chi connectivity index (χ1n) is 6.66. The molecule has 0 saturated carbocycles. The SMILES string of the molecule is CCc1cc(CC(=O)C2C=CC(N)C2)n(CC)n1. The number of allylic oxidation sites excluding steroid dienone is 1. The highest BCUT2D eigenvalue weighted by Gasteiger charge is 2.23. The van der Waals surface area contributed by atoms with Crippen molar-refractivity contribution >= 4 is 5.78 Å². The molecule has 1 heterocycles. The molecule has 1 aliphatic rings. The monoisotopic (exact) mass is 247 g/mol. The van der Waals surface area contributed by atoms with Crippen molar-refractivity contribution in [2.75, 3.05) is 0 Å². The summed E-state index contributed by atoms with van der Waals surface area (Å²) in [4.78, 5) is 12.2. The molecular formula is C14H21N3O. The molecule has 1 aliphatic carbocycles. The number of carbonyl (C=O) groups is 1. The Balaban J connectivity index is 2.06. The van der Waals surface area contributed by atoms with Gasteiger partial charge < -0.3 is 5.73 Å². The van der Waals surface area contributed by atoms with E-state index in [1.54, 1.807) is 0 Å². The van der Waals surface area contributed by atoms with Gasteiger partial charge >= 0.3 is 0 Å². The summed E-state index contributed by atoms with van der Waals surface area (Å²) in [5.74, 6) is 0.238. The number of hydrogen-bond acceptors (Lipinski definition) is 3. The number of rotatable bonds is 5. The van der Waals surface area contributed by atoms with Crippen LogP contribution in [0.3, 0.4) is 0 Å². The van der Waals surface area contributed by atoms with Crippen molar-refractivity contribution in [3.63, 3.8) is 0 Å². The zero-order valence-corrected chi connectivity index (χ0v) is 11.1. The van der Waals surface area contributed by atoms with Crippen LogP contribution < -0.4 is 5.73 Å². The van der Waals surface area contributed by atoms with Gasteiger partial charge in [0.1, 0.15) is 5.78 Å². The molecule has 18 heavy (non-hydrogen) atoms.